The number of aryl methyl sites for hydroxylation is 1. The predicted octanol–water partition coefficient (Wildman–Crippen LogP) is 4.58. The minimum atomic E-state index is -0.542. The average molecular weight is 503 g/mol. The highest BCUT2D eigenvalue weighted by Gasteiger charge is 2.44. The van der Waals surface area contributed by atoms with Crippen LogP contribution in [0.3, 0.4) is 0 Å². The summed E-state index contributed by atoms with van der Waals surface area (Å²) in [6.45, 7) is 8.60. The SMILES string of the molecule is COCC1CN(Cc2c(F)cccc2F)CC2(CCN(C(=O)c3ccc(OC(C)C)c(C)c3)CC2)O1. The summed E-state index contributed by atoms with van der Waals surface area (Å²) in [6.07, 6.45) is 1.14. The molecule has 2 fully saturated rings. The number of carbonyl (C=O) groups excluding carboxylic acids is 1. The smallest absolute Gasteiger partial charge is 0.253 e. The van der Waals surface area contributed by atoms with E-state index >= 15 is 0 Å². The highest BCUT2D eigenvalue weighted by molar-refractivity contribution is 5.94. The normalized spacial score (nSPS) is 20.2. The van der Waals surface area contributed by atoms with Crippen LogP contribution in [0.4, 0.5) is 8.78 Å². The molecule has 2 aromatic rings. The first-order valence-corrected chi connectivity index (χ1v) is 12.6. The second-order valence-corrected chi connectivity index (χ2v) is 10.2. The molecule has 2 aliphatic rings. The van der Waals surface area contributed by atoms with Gasteiger partial charge in [0.1, 0.15) is 17.4 Å². The molecule has 2 aromatic carbocycles. The predicted molar refractivity (Wildman–Crippen MR) is 133 cm³/mol. The Hall–Kier alpha value is -2.55. The summed E-state index contributed by atoms with van der Waals surface area (Å²) >= 11 is 0. The van der Waals surface area contributed by atoms with Crippen molar-refractivity contribution < 1.29 is 27.8 Å². The van der Waals surface area contributed by atoms with Gasteiger partial charge in [0.05, 0.1) is 24.4 Å². The molecule has 4 rings (SSSR count). The summed E-state index contributed by atoms with van der Waals surface area (Å²) in [6, 6.07) is 9.49. The Kier molecular flexibility index (Phi) is 8.27. The van der Waals surface area contributed by atoms with Crippen molar-refractivity contribution in [2.75, 3.05) is 39.9 Å². The Balaban J connectivity index is 1.44. The number of halogens is 2. The zero-order valence-corrected chi connectivity index (χ0v) is 21.6. The van der Waals surface area contributed by atoms with Gasteiger partial charge in [0.25, 0.3) is 5.91 Å². The van der Waals surface area contributed by atoms with Crippen LogP contribution in [0.1, 0.15) is 48.2 Å². The highest BCUT2D eigenvalue weighted by Crippen LogP contribution is 2.34. The summed E-state index contributed by atoms with van der Waals surface area (Å²) in [5.74, 6) is -0.317. The third kappa shape index (κ3) is 6.05. The Bertz CT molecular complexity index is 1050. The van der Waals surface area contributed by atoms with Crippen molar-refractivity contribution in [1.29, 1.82) is 0 Å². The Morgan fingerprint density at radius 1 is 1.17 bits per heavy atom. The van der Waals surface area contributed by atoms with Crippen molar-refractivity contribution in [2.24, 2.45) is 0 Å². The lowest BCUT2D eigenvalue weighted by Gasteiger charge is -2.50. The van der Waals surface area contributed by atoms with Gasteiger partial charge < -0.3 is 19.1 Å². The largest absolute Gasteiger partial charge is 0.491 e. The standard InChI is InChI=1S/C28H36F2N2O4/c1-19(2)35-26-9-8-21(14-20(26)3)27(33)32-12-10-28(11-13-32)18-31(15-22(36-28)17-34-4)16-23-24(29)6-5-7-25(23)30/h5-9,14,19,22H,10-13,15-18H2,1-4H3. The molecule has 2 saturated heterocycles. The molecular weight excluding hydrogens is 466 g/mol. The molecular formula is C28H36F2N2O4. The molecule has 0 aliphatic carbocycles. The second kappa shape index (κ2) is 11.2. The summed E-state index contributed by atoms with van der Waals surface area (Å²) in [5, 5.41) is 0. The lowest BCUT2D eigenvalue weighted by molar-refractivity contribution is -0.187. The number of rotatable bonds is 7. The summed E-state index contributed by atoms with van der Waals surface area (Å²) < 4.78 is 46.3. The molecule has 2 aliphatic heterocycles. The van der Waals surface area contributed by atoms with E-state index in [2.05, 4.69) is 0 Å². The number of ether oxygens (including phenoxy) is 3. The number of likely N-dealkylation sites (tertiary alicyclic amines) is 1. The topological polar surface area (TPSA) is 51.2 Å². The lowest BCUT2D eigenvalue weighted by atomic mass is 9.88. The summed E-state index contributed by atoms with van der Waals surface area (Å²) in [7, 11) is 1.62. The number of benzene rings is 2. The van der Waals surface area contributed by atoms with Crippen LogP contribution in [-0.2, 0) is 16.0 Å². The molecule has 8 heteroatoms. The molecule has 0 N–H and O–H groups in total. The van der Waals surface area contributed by atoms with Gasteiger partial charge in [0, 0.05) is 51.0 Å². The van der Waals surface area contributed by atoms with E-state index in [1.54, 1.807) is 7.11 Å². The van der Waals surface area contributed by atoms with Crippen LogP contribution < -0.4 is 4.74 Å². The van der Waals surface area contributed by atoms with Crippen molar-refractivity contribution in [3.8, 4) is 5.75 Å². The van der Waals surface area contributed by atoms with E-state index in [1.807, 2.05) is 48.8 Å². The molecule has 6 nitrogen and oxygen atoms in total. The number of morpholine rings is 1. The minimum Gasteiger partial charge on any atom is -0.491 e. The van der Waals surface area contributed by atoms with E-state index in [1.165, 1.54) is 18.2 Å². The van der Waals surface area contributed by atoms with Gasteiger partial charge >= 0.3 is 0 Å². The fourth-order valence-corrected chi connectivity index (χ4v) is 5.23. The van der Waals surface area contributed by atoms with Crippen LogP contribution in [0.25, 0.3) is 0 Å². The second-order valence-electron chi connectivity index (χ2n) is 10.2. The zero-order valence-electron chi connectivity index (χ0n) is 21.6. The minimum absolute atomic E-state index is 0.0152. The third-order valence-electron chi connectivity index (χ3n) is 6.93. The Morgan fingerprint density at radius 3 is 2.47 bits per heavy atom. The molecule has 1 atom stereocenters. The Labute approximate surface area is 212 Å². The van der Waals surface area contributed by atoms with Crippen molar-refractivity contribution >= 4 is 5.91 Å². The molecule has 2 heterocycles. The van der Waals surface area contributed by atoms with Crippen molar-refractivity contribution in [3.63, 3.8) is 0 Å². The van der Waals surface area contributed by atoms with Gasteiger partial charge in [-0.25, -0.2) is 8.78 Å². The number of methoxy groups -OCH3 is 1. The monoisotopic (exact) mass is 502 g/mol. The van der Waals surface area contributed by atoms with E-state index in [-0.39, 0.29) is 30.2 Å². The van der Waals surface area contributed by atoms with Gasteiger partial charge in [-0.15, -0.1) is 0 Å². The van der Waals surface area contributed by atoms with Gasteiger partial charge in [-0.1, -0.05) is 6.07 Å². The highest BCUT2D eigenvalue weighted by atomic mass is 19.1. The molecule has 36 heavy (non-hydrogen) atoms. The van der Waals surface area contributed by atoms with Crippen LogP contribution in [-0.4, -0.2) is 73.4 Å². The van der Waals surface area contributed by atoms with Crippen LogP contribution in [0.5, 0.6) is 5.75 Å². The molecule has 0 radical (unpaired) electrons. The van der Waals surface area contributed by atoms with Gasteiger partial charge in [-0.05, 0) is 69.5 Å². The van der Waals surface area contributed by atoms with E-state index in [9.17, 15) is 13.6 Å². The van der Waals surface area contributed by atoms with Crippen LogP contribution in [0.2, 0.25) is 0 Å². The van der Waals surface area contributed by atoms with Gasteiger partial charge in [0.2, 0.25) is 0 Å². The number of amides is 1. The van der Waals surface area contributed by atoms with Crippen LogP contribution in [0, 0.1) is 18.6 Å². The van der Waals surface area contributed by atoms with Gasteiger partial charge in [-0.2, -0.15) is 0 Å². The quantitative estimate of drug-likeness (QED) is 0.555. The number of nitrogens with zero attached hydrogens (tertiary/aromatic N) is 2. The fourth-order valence-electron chi connectivity index (χ4n) is 5.23. The van der Waals surface area contributed by atoms with Crippen molar-refractivity contribution in [3.05, 3.63) is 64.7 Å². The first-order valence-electron chi connectivity index (χ1n) is 12.6. The molecule has 1 spiro atoms. The van der Waals surface area contributed by atoms with E-state index in [0.717, 1.165) is 11.3 Å². The van der Waals surface area contributed by atoms with Crippen molar-refractivity contribution in [2.45, 2.75) is 58.0 Å². The van der Waals surface area contributed by atoms with Crippen molar-refractivity contribution in [1.82, 2.24) is 9.80 Å². The fraction of sp³-hybridized carbons (Fsp3) is 0.536. The third-order valence-corrected chi connectivity index (χ3v) is 6.93. The van der Waals surface area contributed by atoms with E-state index in [4.69, 9.17) is 14.2 Å². The number of carbonyl (C=O) groups is 1. The number of piperidine rings is 1. The molecule has 1 unspecified atom stereocenters. The molecule has 0 saturated carbocycles. The average Bonchev–Trinajstić information content (AvgIpc) is 2.83. The first-order chi connectivity index (χ1) is 17.2. The summed E-state index contributed by atoms with van der Waals surface area (Å²) in [5.41, 5.74) is 1.14. The lowest BCUT2D eigenvalue weighted by Crippen LogP contribution is -2.60. The zero-order chi connectivity index (χ0) is 25.9. The van der Waals surface area contributed by atoms with E-state index in [0.29, 0.717) is 51.2 Å². The summed E-state index contributed by atoms with van der Waals surface area (Å²) in [4.78, 5) is 17.1. The molecule has 196 valence electrons. The number of hydrogen-bond acceptors (Lipinski definition) is 5. The van der Waals surface area contributed by atoms with Gasteiger partial charge in [-0.3, -0.25) is 9.69 Å². The van der Waals surface area contributed by atoms with E-state index < -0.39 is 17.2 Å². The molecule has 0 bridgehead atoms. The maximum Gasteiger partial charge on any atom is 0.253 e. The Morgan fingerprint density at radius 2 is 1.86 bits per heavy atom. The molecule has 1 amide bonds. The van der Waals surface area contributed by atoms with Gasteiger partial charge in [0.15, 0.2) is 0 Å². The van der Waals surface area contributed by atoms with Crippen LogP contribution >= 0.6 is 0 Å². The maximum absolute atomic E-state index is 14.3. The van der Waals surface area contributed by atoms with Crippen LogP contribution in [0.15, 0.2) is 36.4 Å². The first kappa shape index (κ1) is 26.5. The maximum atomic E-state index is 14.3. The molecule has 0 aromatic heterocycles. The number of hydrogen-bond donors (Lipinski definition) is 0.